The lowest BCUT2D eigenvalue weighted by Crippen LogP contribution is -2.47. The van der Waals surface area contributed by atoms with Gasteiger partial charge in [-0.05, 0) is 57.4 Å². The smallest absolute Gasteiger partial charge is 0.407 e. The summed E-state index contributed by atoms with van der Waals surface area (Å²) in [6, 6.07) is 3.78. The highest BCUT2D eigenvalue weighted by Gasteiger charge is 2.42. The number of fused-ring (bicyclic) bond motifs is 1. The van der Waals surface area contributed by atoms with Crippen molar-refractivity contribution in [3.8, 4) is 11.5 Å². The number of nitrogens with zero attached hydrogens (tertiary/aromatic N) is 1. The molecular formula is C25H29F5N2O4. The highest BCUT2D eigenvalue weighted by molar-refractivity contribution is 5.67. The van der Waals surface area contributed by atoms with Crippen LogP contribution in [0.15, 0.2) is 30.3 Å². The third-order valence-corrected chi connectivity index (χ3v) is 5.56. The average Bonchev–Trinajstić information content (AvgIpc) is 2.70. The normalized spacial score (nSPS) is 18.5. The Morgan fingerprint density at radius 2 is 1.78 bits per heavy atom. The monoisotopic (exact) mass is 516 g/mol. The number of hydrogen-bond acceptors (Lipinski definition) is 5. The number of carbonyl (C=O) groups is 1. The number of ether oxygens (including phenoxy) is 2. The largest absolute Gasteiger partial charge is 0.508 e. The number of carbonyl (C=O) groups excluding carboxylic acids is 1. The Balaban J connectivity index is 1.85. The standard InChI is InChI=1S/C25H29F5N2O4/c1-14-9-15-10-16(33)5-6-18(15)22(32(14)13-25(28,29)30)21-19(26)11-17(12-20(21)27)35-8-7-31-23(34)36-24(2,3)4/h5-6,10-12,14,22,33H,7-9,13H2,1-4H3,(H,31,34)/t14-,22+/m1/s1. The van der Waals surface area contributed by atoms with Crippen molar-refractivity contribution in [3.05, 3.63) is 58.7 Å². The van der Waals surface area contributed by atoms with Gasteiger partial charge in [0.2, 0.25) is 0 Å². The summed E-state index contributed by atoms with van der Waals surface area (Å²) in [5, 5.41) is 12.3. The Morgan fingerprint density at radius 3 is 2.36 bits per heavy atom. The van der Waals surface area contributed by atoms with Crippen LogP contribution in [0, 0.1) is 11.6 Å². The van der Waals surface area contributed by atoms with E-state index in [0.29, 0.717) is 5.56 Å². The van der Waals surface area contributed by atoms with Crippen molar-refractivity contribution in [2.45, 2.75) is 58.0 Å². The summed E-state index contributed by atoms with van der Waals surface area (Å²) in [6.45, 7) is 5.13. The van der Waals surface area contributed by atoms with E-state index in [-0.39, 0.29) is 36.6 Å². The molecule has 1 amide bonds. The number of rotatable bonds is 6. The molecule has 2 aromatic carbocycles. The molecule has 11 heteroatoms. The van der Waals surface area contributed by atoms with Crippen LogP contribution in [0.25, 0.3) is 0 Å². The van der Waals surface area contributed by atoms with Gasteiger partial charge in [-0.15, -0.1) is 0 Å². The zero-order valence-corrected chi connectivity index (χ0v) is 20.4. The first-order valence-electron chi connectivity index (χ1n) is 11.4. The quantitative estimate of drug-likeness (QED) is 0.394. The summed E-state index contributed by atoms with van der Waals surface area (Å²) in [5.74, 6) is -2.42. The van der Waals surface area contributed by atoms with Gasteiger partial charge in [0, 0.05) is 23.7 Å². The minimum Gasteiger partial charge on any atom is -0.508 e. The molecule has 6 nitrogen and oxygen atoms in total. The van der Waals surface area contributed by atoms with Gasteiger partial charge < -0.3 is 19.9 Å². The fourth-order valence-corrected chi connectivity index (χ4v) is 4.22. The number of phenolic OH excluding ortho intramolecular Hbond substituents is 1. The number of alkyl halides is 3. The molecule has 0 fully saturated rings. The molecular weight excluding hydrogens is 487 g/mol. The maximum absolute atomic E-state index is 15.3. The molecule has 1 heterocycles. The third kappa shape index (κ3) is 6.99. The molecule has 2 atom stereocenters. The Kier molecular flexibility index (Phi) is 8.02. The summed E-state index contributed by atoms with van der Waals surface area (Å²) in [4.78, 5) is 12.7. The molecule has 2 aromatic rings. The molecule has 198 valence electrons. The van der Waals surface area contributed by atoms with Crippen molar-refractivity contribution in [3.63, 3.8) is 0 Å². The summed E-state index contributed by atoms with van der Waals surface area (Å²) in [7, 11) is 0. The van der Waals surface area contributed by atoms with Crippen molar-refractivity contribution in [2.75, 3.05) is 19.7 Å². The minimum absolute atomic E-state index is 0.00370. The first-order chi connectivity index (χ1) is 16.6. The first-order valence-corrected chi connectivity index (χ1v) is 11.4. The predicted octanol–water partition coefficient (Wildman–Crippen LogP) is 5.47. The van der Waals surface area contributed by atoms with Crippen molar-refractivity contribution in [1.29, 1.82) is 0 Å². The number of hydrogen-bond donors (Lipinski definition) is 2. The van der Waals surface area contributed by atoms with Crippen LogP contribution in [0.5, 0.6) is 11.5 Å². The molecule has 0 unspecified atom stereocenters. The topological polar surface area (TPSA) is 71.0 Å². The zero-order chi connectivity index (χ0) is 26.8. The van der Waals surface area contributed by atoms with Gasteiger partial charge in [0.25, 0.3) is 0 Å². The van der Waals surface area contributed by atoms with Crippen molar-refractivity contribution >= 4 is 6.09 Å². The number of halogens is 5. The molecule has 0 radical (unpaired) electrons. The SMILES string of the molecule is C[C@@H]1Cc2cc(O)ccc2[C@@H](c2c(F)cc(OCCNC(=O)OC(C)(C)C)cc2F)N1CC(F)(F)F. The molecule has 36 heavy (non-hydrogen) atoms. The van der Waals surface area contributed by atoms with Gasteiger partial charge >= 0.3 is 12.3 Å². The van der Waals surface area contributed by atoms with Gasteiger partial charge in [-0.2, -0.15) is 13.2 Å². The zero-order valence-electron chi connectivity index (χ0n) is 20.4. The third-order valence-electron chi connectivity index (χ3n) is 5.56. The number of nitrogens with one attached hydrogen (secondary N) is 1. The van der Waals surface area contributed by atoms with Gasteiger partial charge in [0.1, 0.15) is 35.3 Å². The number of alkyl carbamates (subject to hydrolysis) is 1. The summed E-state index contributed by atoms with van der Waals surface area (Å²) in [5.41, 5.74) is -0.445. The Morgan fingerprint density at radius 1 is 1.14 bits per heavy atom. The van der Waals surface area contributed by atoms with Gasteiger partial charge in [-0.3, -0.25) is 4.90 Å². The molecule has 0 bridgehead atoms. The second kappa shape index (κ2) is 10.5. The van der Waals surface area contributed by atoms with Crippen LogP contribution in [0.4, 0.5) is 26.7 Å². The van der Waals surface area contributed by atoms with Crippen LogP contribution in [-0.4, -0.2) is 53.6 Å². The van der Waals surface area contributed by atoms with Crippen LogP contribution in [-0.2, 0) is 11.2 Å². The van der Waals surface area contributed by atoms with E-state index >= 15 is 8.78 Å². The van der Waals surface area contributed by atoms with Crippen LogP contribution in [0.2, 0.25) is 0 Å². The fraction of sp³-hybridized carbons (Fsp3) is 0.480. The van der Waals surface area contributed by atoms with E-state index in [1.54, 1.807) is 20.8 Å². The number of benzene rings is 2. The molecule has 0 saturated carbocycles. The molecule has 0 spiro atoms. The van der Waals surface area contributed by atoms with Crippen LogP contribution >= 0.6 is 0 Å². The van der Waals surface area contributed by atoms with Crippen molar-refractivity contribution in [2.24, 2.45) is 0 Å². The van der Waals surface area contributed by atoms with E-state index in [1.807, 2.05) is 0 Å². The number of phenols is 1. The molecule has 3 rings (SSSR count). The van der Waals surface area contributed by atoms with Crippen LogP contribution in [0.1, 0.15) is 50.4 Å². The van der Waals surface area contributed by atoms with Gasteiger partial charge in [0.05, 0.1) is 19.1 Å². The Bertz CT molecular complexity index is 1080. The highest BCUT2D eigenvalue weighted by atomic mass is 19.4. The summed E-state index contributed by atoms with van der Waals surface area (Å²) < 4.78 is 81.1. The van der Waals surface area contributed by atoms with E-state index < -0.39 is 53.7 Å². The molecule has 1 aliphatic rings. The summed E-state index contributed by atoms with van der Waals surface area (Å²) in [6.07, 6.45) is -5.11. The number of aromatic hydroxyl groups is 1. The minimum atomic E-state index is -4.60. The second-order valence-electron chi connectivity index (χ2n) is 9.70. The second-order valence-corrected chi connectivity index (χ2v) is 9.70. The van der Waals surface area contributed by atoms with Crippen molar-refractivity contribution in [1.82, 2.24) is 10.2 Å². The average molecular weight is 517 g/mol. The lowest BCUT2D eigenvalue weighted by Gasteiger charge is -2.42. The highest BCUT2D eigenvalue weighted by Crippen LogP contribution is 2.43. The lowest BCUT2D eigenvalue weighted by atomic mass is 9.84. The number of amides is 1. The predicted molar refractivity (Wildman–Crippen MR) is 122 cm³/mol. The van der Waals surface area contributed by atoms with Crippen molar-refractivity contribution < 1.29 is 41.3 Å². The van der Waals surface area contributed by atoms with E-state index in [4.69, 9.17) is 9.47 Å². The summed E-state index contributed by atoms with van der Waals surface area (Å²) >= 11 is 0. The Hall–Kier alpha value is -3.08. The maximum Gasteiger partial charge on any atom is 0.407 e. The van der Waals surface area contributed by atoms with E-state index in [1.165, 1.54) is 25.1 Å². The maximum atomic E-state index is 15.3. The van der Waals surface area contributed by atoms with E-state index in [0.717, 1.165) is 17.0 Å². The fourth-order valence-electron chi connectivity index (χ4n) is 4.22. The molecule has 2 N–H and O–H groups in total. The lowest BCUT2D eigenvalue weighted by molar-refractivity contribution is -0.155. The van der Waals surface area contributed by atoms with Gasteiger partial charge in [-0.1, -0.05) is 6.07 Å². The molecule has 1 aliphatic heterocycles. The molecule has 0 saturated heterocycles. The van der Waals surface area contributed by atoms with Crippen LogP contribution < -0.4 is 10.1 Å². The molecule has 0 aliphatic carbocycles. The van der Waals surface area contributed by atoms with E-state index in [2.05, 4.69) is 5.32 Å². The van der Waals surface area contributed by atoms with Crippen LogP contribution in [0.3, 0.4) is 0 Å². The molecule has 0 aromatic heterocycles. The Labute approximate surface area is 206 Å². The van der Waals surface area contributed by atoms with Gasteiger partial charge in [0.15, 0.2) is 0 Å². The van der Waals surface area contributed by atoms with E-state index in [9.17, 15) is 23.1 Å². The van der Waals surface area contributed by atoms with Gasteiger partial charge in [-0.25, -0.2) is 13.6 Å². The first kappa shape index (κ1) is 27.5.